The molecular weight excluding hydrogens is 396 g/mol. The molecule has 0 aromatic heterocycles. The van der Waals surface area contributed by atoms with Crippen LogP contribution in [0.4, 0.5) is 32.0 Å². The van der Waals surface area contributed by atoms with Gasteiger partial charge in [-0.15, -0.1) is 0 Å². The lowest BCUT2D eigenvalue weighted by molar-refractivity contribution is -0.138. The van der Waals surface area contributed by atoms with Crippen LogP contribution in [0.15, 0.2) is 35.3 Å². The van der Waals surface area contributed by atoms with Crippen LogP contribution in [0.2, 0.25) is 0 Å². The molecule has 2 rings (SSSR count). The summed E-state index contributed by atoms with van der Waals surface area (Å²) in [5.41, 5.74) is -1.76. The van der Waals surface area contributed by atoms with Crippen LogP contribution in [0, 0.1) is 28.9 Å². The number of aliphatic imine (C=N–C) groups is 1. The molecule has 1 N–H and O–H groups in total. The number of ether oxygens (including phenoxy) is 1. The van der Waals surface area contributed by atoms with Crippen molar-refractivity contribution in [3.05, 3.63) is 53.3 Å². The van der Waals surface area contributed by atoms with Crippen LogP contribution in [0.5, 0.6) is 11.5 Å². The van der Waals surface area contributed by atoms with Gasteiger partial charge in [0.25, 0.3) is 0 Å². The standard InChI is InChI=1S/C16H9F6N3OS/c1-27-15(24-7-23)25-12-6-9(17)2-3-13(12)26-14-10(18)4-8(5-11(14)19)16(20,21)22/h2-6H,1H3,(H,24,25). The molecule has 0 saturated carbocycles. The molecule has 142 valence electrons. The molecule has 0 heterocycles. The monoisotopic (exact) mass is 405 g/mol. The van der Waals surface area contributed by atoms with Crippen LogP contribution in [0.3, 0.4) is 0 Å². The summed E-state index contributed by atoms with van der Waals surface area (Å²) in [5.74, 6) is -5.39. The molecule has 4 nitrogen and oxygen atoms in total. The first-order chi connectivity index (χ1) is 12.7. The summed E-state index contributed by atoms with van der Waals surface area (Å²) in [6.07, 6.45) is -1.79. The summed E-state index contributed by atoms with van der Waals surface area (Å²) in [5, 5.41) is 10.9. The fraction of sp³-hybridized carbons (Fsp3) is 0.125. The van der Waals surface area contributed by atoms with Gasteiger partial charge in [-0.25, -0.2) is 18.2 Å². The Balaban J connectivity index is 2.48. The minimum Gasteiger partial charge on any atom is -0.449 e. The third-order valence-electron chi connectivity index (χ3n) is 3.04. The molecule has 0 unspecified atom stereocenters. The molecule has 2 aromatic rings. The van der Waals surface area contributed by atoms with Crippen molar-refractivity contribution in [1.82, 2.24) is 5.32 Å². The lowest BCUT2D eigenvalue weighted by atomic mass is 10.2. The number of amidine groups is 1. The Bertz CT molecular complexity index is 900. The maximum absolute atomic E-state index is 14.0. The van der Waals surface area contributed by atoms with Gasteiger partial charge in [-0.05, 0) is 30.5 Å². The number of hydrogen-bond acceptors (Lipinski definition) is 4. The van der Waals surface area contributed by atoms with Crippen molar-refractivity contribution in [2.75, 3.05) is 6.26 Å². The van der Waals surface area contributed by atoms with E-state index in [1.807, 2.05) is 0 Å². The van der Waals surface area contributed by atoms with Crippen molar-refractivity contribution in [1.29, 1.82) is 5.26 Å². The zero-order valence-electron chi connectivity index (χ0n) is 13.4. The molecule has 0 aliphatic heterocycles. The molecule has 0 atom stereocenters. The lowest BCUT2D eigenvalue weighted by Crippen LogP contribution is -2.12. The van der Waals surface area contributed by atoms with E-state index in [1.165, 1.54) is 0 Å². The Hall–Kier alpha value is -2.87. The molecule has 0 spiro atoms. The number of benzene rings is 2. The summed E-state index contributed by atoms with van der Waals surface area (Å²) in [7, 11) is 0. The highest BCUT2D eigenvalue weighted by Crippen LogP contribution is 2.38. The molecule has 27 heavy (non-hydrogen) atoms. The first-order valence-electron chi connectivity index (χ1n) is 6.97. The first kappa shape index (κ1) is 20.4. The highest BCUT2D eigenvalue weighted by molar-refractivity contribution is 8.13. The van der Waals surface area contributed by atoms with Crippen molar-refractivity contribution < 1.29 is 31.1 Å². The highest BCUT2D eigenvalue weighted by Gasteiger charge is 2.33. The van der Waals surface area contributed by atoms with Gasteiger partial charge in [0.1, 0.15) is 11.5 Å². The maximum atomic E-state index is 14.0. The van der Waals surface area contributed by atoms with E-state index in [1.54, 1.807) is 12.4 Å². The number of thioether (sulfide) groups is 1. The van der Waals surface area contributed by atoms with Crippen molar-refractivity contribution in [3.8, 4) is 17.7 Å². The van der Waals surface area contributed by atoms with E-state index in [9.17, 15) is 26.3 Å². The van der Waals surface area contributed by atoms with Gasteiger partial charge in [0.15, 0.2) is 34.5 Å². The molecule has 0 aliphatic carbocycles. The summed E-state index contributed by atoms with van der Waals surface area (Å²) in [4.78, 5) is 3.90. The number of nitrogens with zero attached hydrogens (tertiary/aromatic N) is 2. The van der Waals surface area contributed by atoms with E-state index in [-0.39, 0.29) is 28.7 Å². The van der Waals surface area contributed by atoms with Gasteiger partial charge in [0.05, 0.1) is 5.56 Å². The van der Waals surface area contributed by atoms with E-state index >= 15 is 0 Å². The SMILES string of the molecule is CSC(=Nc1cc(F)ccc1Oc1c(F)cc(C(F)(F)F)cc1F)NC#N. The molecule has 0 aliphatic rings. The van der Waals surface area contributed by atoms with Crippen LogP contribution in [0.25, 0.3) is 0 Å². The highest BCUT2D eigenvalue weighted by atomic mass is 32.2. The van der Waals surface area contributed by atoms with Gasteiger partial charge in [-0.1, -0.05) is 11.8 Å². The summed E-state index contributed by atoms with van der Waals surface area (Å²) in [6.45, 7) is 0. The minimum absolute atomic E-state index is 0.0290. The Kier molecular flexibility index (Phi) is 6.22. The number of nitrogens with one attached hydrogen (secondary N) is 1. The second-order valence-electron chi connectivity index (χ2n) is 4.84. The first-order valence-corrected chi connectivity index (χ1v) is 8.19. The summed E-state index contributed by atoms with van der Waals surface area (Å²) in [6, 6.07) is 2.93. The average molecular weight is 405 g/mol. The van der Waals surface area contributed by atoms with Gasteiger partial charge in [0, 0.05) is 6.07 Å². The number of rotatable bonds is 3. The third-order valence-corrected chi connectivity index (χ3v) is 3.62. The van der Waals surface area contributed by atoms with E-state index in [4.69, 9.17) is 10.00 Å². The third kappa shape index (κ3) is 5.07. The number of hydrogen-bond donors (Lipinski definition) is 1. The fourth-order valence-corrected chi connectivity index (χ4v) is 2.21. The second-order valence-corrected chi connectivity index (χ2v) is 5.63. The van der Waals surface area contributed by atoms with E-state index in [0.29, 0.717) is 0 Å². The van der Waals surface area contributed by atoms with Crippen molar-refractivity contribution in [2.24, 2.45) is 4.99 Å². The zero-order chi connectivity index (χ0) is 20.2. The van der Waals surface area contributed by atoms with Crippen LogP contribution < -0.4 is 10.1 Å². The second kappa shape index (κ2) is 8.22. The predicted octanol–water partition coefficient (Wildman–Crippen LogP) is 5.34. The van der Waals surface area contributed by atoms with Crippen LogP contribution in [-0.4, -0.2) is 11.4 Å². The zero-order valence-corrected chi connectivity index (χ0v) is 14.2. The summed E-state index contributed by atoms with van der Waals surface area (Å²) >= 11 is 0.986. The molecule has 0 bridgehead atoms. The van der Waals surface area contributed by atoms with E-state index < -0.39 is 34.9 Å². The van der Waals surface area contributed by atoms with Crippen LogP contribution in [0.1, 0.15) is 5.56 Å². The topological polar surface area (TPSA) is 57.4 Å². The Morgan fingerprint density at radius 1 is 1.15 bits per heavy atom. The largest absolute Gasteiger partial charge is 0.449 e. The molecule has 0 radical (unpaired) electrons. The fourth-order valence-electron chi connectivity index (χ4n) is 1.88. The average Bonchev–Trinajstić information content (AvgIpc) is 2.58. The van der Waals surface area contributed by atoms with Gasteiger partial charge in [-0.3, -0.25) is 5.32 Å². The molecule has 0 amide bonds. The Morgan fingerprint density at radius 2 is 1.78 bits per heavy atom. The van der Waals surface area contributed by atoms with Gasteiger partial charge >= 0.3 is 6.18 Å². The number of alkyl halides is 3. The molecular formula is C16H9F6N3OS. The quantitative estimate of drug-likeness (QED) is 0.246. The minimum atomic E-state index is -4.94. The van der Waals surface area contributed by atoms with E-state index in [0.717, 1.165) is 30.0 Å². The lowest BCUT2D eigenvalue weighted by Gasteiger charge is -2.13. The van der Waals surface area contributed by atoms with Crippen LogP contribution in [-0.2, 0) is 6.18 Å². The molecule has 2 aromatic carbocycles. The normalized spacial score (nSPS) is 11.9. The predicted molar refractivity (Wildman–Crippen MR) is 87.2 cm³/mol. The van der Waals surface area contributed by atoms with Crippen molar-refractivity contribution in [3.63, 3.8) is 0 Å². The van der Waals surface area contributed by atoms with Crippen LogP contribution >= 0.6 is 11.8 Å². The molecule has 0 fully saturated rings. The number of halogens is 6. The molecule has 11 heteroatoms. The maximum Gasteiger partial charge on any atom is 0.416 e. The smallest absolute Gasteiger partial charge is 0.416 e. The summed E-state index contributed by atoms with van der Waals surface area (Å²) < 4.78 is 84.2. The Labute approximate surface area is 153 Å². The Morgan fingerprint density at radius 3 is 2.30 bits per heavy atom. The van der Waals surface area contributed by atoms with E-state index in [2.05, 4.69) is 10.3 Å². The van der Waals surface area contributed by atoms with Gasteiger partial charge in [0.2, 0.25) is 0 Å². The van der Waals surface area contributed by atoms with Crippen molar-refractivity contribution in [2.45, 2.75) is 6.18 Å². The van der Waals surface area contributed by atoms with Crippen molar-refractivity contribution >= 4 is 22.6 Å². The van der Waals surface area contributed by atoms with Gasteiger partial charge in [-0.2, -0.15) is 18.4 Å². The van der Waals surface area contributed by atoms with Gasteiger partial charge < -0.3 is 4.74 Å². The number of nitriles is 1. The molecule has 0 saturated heterocycles.